The minimum atomic E-state index is -0.483. The summed E-state index contributed by atoms with van der Waals surface area (Å²) in [7, 11) is 0. The van der Waals surface area contributed by atoms with Crippen molar-refractivity contribution in [3.05, 3.63) is 38.9 Å². The van der Waals surface area contributed by atoms with Crippen molar-refractivity contribution in [1.29, 1.82) is 0 Å². The van der Waals surface area contributed by atoms with Gasteiger partial charge in [-0.25, -0.2) is 4.79 Å². The Hall–Kier alpha value is -2.15. The summed E-state index contributed by atoms with van der Waals surface area (Å²) in [4.78, 5) is 24.7. The summed E-state index contributed by atoms with van der Waals surface area (Å²) >= 11 is 0. The number of likely N-dealkylation sites (tertiary alicyclic amines) is 1. The van der Waals surface area contributed by atoms with Gasteiger partial charge in [-0.05, 0) is 58.6 Å². The average molecular weight is 363 g/mol. The molecule has 1 aliphatic rings. The number of nitrogens with zero attached hydrogens (tertiary/aromatic N) is 2. The van der Waals surface area contributed by atoms with Gasteiger partial charge in [-0.1, -0.05) is 6.07 Å². The highest BCUT2D eigenvalue weighted by Gasteiger charge is 2.26. The van der Waals surface area contributed by atoms with Crippen molar-refractivity contribution >= 4 is 11.8 Å². The highest BCUT2D eigenvalue weighted by molar-refractivity contribution is 5.68. The number of hydrogen-bond acceptors (Lipinski definition) is 5. The van der Waals surface area contributed by atoms with E-state index in [1.54, 1.807) is 17.9 Å². The number of nitro benzene ring substituents is 1. The standard InChI is InChI=1S/C19H29N3O4/c1-13-10-15(14(2)17(11-13)22(24)25)12-20-16-6-8-21(9-7-16)18(23)26-19(3,4)5/h10-11,16,20H,6-9,12H2,1-5H3. The molecule has 7 heteroatoms. The Morgan fingerprint density at radius 1 is 1.31 bits per heavy atom. The molecule has 1 aliphatic heterocycles. The van der Waals surface area contributed by atoms with Crippen LogP contribution in [-0.4, -0.2) is 40.6 Å². The van der Waals surface area contributed by atoms with Gasteiger partial charge in [-0.15, -0.1) is 0 Å². The van der Waals surface area contributed by atoms with Crippen LogP contribution in [0.4, 0.5) is 10.5 Å². The van der Waals surface area contributed by atoms with Crippen LogP contribution in [0.15, 0.2) is 12.1 Å². The molecule has 1 heterocycles. The third-order valence-electron chi connectivity index (χ3n) is 4.56. The maximum atomic E-state index is 12.1. The number of rotatable bonds is 4. The molecule has 1 saturated heterocycles. The van der Waals surface area contributed by atoms with Crippen LogP contribution >= 0.6 is 0 Å². The van der Waals surface area contributed by atoms with Crippen molar-refractivity contribution < 1.29 is 14.5 Å². The van der Waals surface area contributed by atoms with E-state index in [1.165, 1.54) is 0 Å². The molecular formula is C19H29N3O4. The molecule has 0 atom stereocenters. The fraction of sp³-hybridized carbons (Fsp3) is 0.632. The summed E-state index contributed by atoms with van der Waals surface area (Å²) in [5.41, 5.74) is 2.23. The molecule has 2 rings (SSSR count). The lowest BCUT2D eigenvalue weighted by Gasteiger charge is -2.34. The van der Waals surface area contributed by atoms with Crippen molar-refractivity contribution in [3.8, 4) is 0 Å². The van der Waals surface area contributed by atoms with Crippen LogP contribution < -0.4 is 5.32 Å². The fourth-order valence-electron chi connectivity index (χ4n) is 3.13. The van der Waals surface area contributed by atoms with E-state index in [1.807, 2.05) is 33.8 Å². The summed E-state index contributed by atoms with van der Waals surface area (Å²) in [6.07, 6.45) is 1.42. The molecule has 26 heavy (non-hydrogen) atoms. The first-order chi connectivity index (χ1) is 12.1. The molecule has 1 aromatic carbocycles. The Labute approximate surface area is 154 Å². The Bertz CT molecular complexity index is 674. The number of aryl methyl sites for hydroxylation is 1. The third-order valence-corrected chi connectivity index (χ3v) is 4.56. The lowest BCUT2D eigenvalue weighted by atomic mass is 10.0. The average Bonchev–Trinajstić information content (AvgIpc) is 2.54. The first-order valence-electron chi connectivity index (χ1n) is 9.02. The summed E-state index contributed by atoms with van der Waals surface area (Å²) < 4.78 is 5.41. The van der Waals surface area contributed by atoms with Crippen molar-refractivity contribution in [1.82, 2.24) is 10.2 Å². The van der Waals surface area contributed by atoms with Gasteiger partial charge in [0.05, 0.1) is 4.92 Å². The van der Waals surface area contributed by atoms with E-state index in [4.69, 9.17) is 4.74 Å². The van der Waals surface area contributed by atoms with Gasteiger partial charge in [-0.2, -0.15) is 0 Å². The third kappa shape index (κ3) is 5.42. The molecule has 0 radical (unpaired) electrons. The number of benzene rings is 1. The second kappa shape index (κ2) is 8.03. The van der Waals surface area contributed by atoms with E-state index in [0.29, 0.717) is 25.2 Å². The number of carbonyl (C=O) groups excluding carboxylic acids is 1. The lowest BCUT2D eigenvalue weighted by Crippen LogP contribution is -2.46. The van der Waals surface area contributed by atoms with E-state index in [0.717, 1.165) is 24.0 Å². The Morgan fingerprint density at radius 2 is 1.92 bits per heavy atom. The number of piperidine rings is 1. The zero-order valence-corrected chi connectivity index (χ0v) is 16.3. The Morgan fingerprint density at radius 3 is 2.46 bits per heavy atom. The van der Waals surface area contributed by atoms with Crippen molar-refractivity contribution in [2.45, 2.75) is 65.6 Å². The predicted molar refractivity (Wildman–Crippen MR) is 100 cm³/mol. The first-order valence-corrected chi connectivity index (χ1v) is 9.02. The molecule has 7 nitrogen and oxygen atoms in total. The van der Waals surface area contributed by atoms with Crippen molar-refractivity contribution in [2.24, 2.45) is 0 Å². The minimum absolute atomic E-state index is 0.168. The van der Waals surface area contributed by atoms with Crippen molar-refractivity contribution in [2.75, 3.05) is 13.1 Å². The number of hydrogen-bond donors (Lipinski definition) is 1. The largest absolute Gasteiger partial charge is 0.444 e. The van der Waals surface area contributed by atoms with E-state index >= 15 is 0 Å². The fourth-order valence-corrected chi connectivity index (χ4v) is 3.13. The summed E-state index contributed by atoms with van der Waals surface area (Å²) in [6.45, 7) is 11.1. The van der Waals surface area contributed by atoms with E-state index in [2.05, 4.69) is 5.32 Å². The summed E-state index contributed by atoms with van der Waals surface area (Å²) in [5, 5.41) is 14.6. The topological polar surface area (TPSA) is 84.7 Å². The van der Waals surface area contributed by atoms with Crippen LogP contribution in [-0.2, 0) is 11.3 Å². The maximum Gasteiger partial charge on any atom is 0.410 e. The van der Waals surface area contributed by atoms with Crippen LogP contribution in [0.25, 0.3) is 0 Å². The second-order valence-electron chi connectivity index (χ2n) is 7.95. The smallest absolute Gasteiger partial charge is 0.410 e. The number of nitrogens with one attached hydrogen (secondary N) is 1. The predicted octanol–water partition coefficient (Wildman–Crippen LogP) is 3.70. The molecule has 1 amide bonds. The molecule has 1 fully saturated rings. The summed E-state index contributed by atoms with van der Waals surface area (Å²) in [5.74, 6) is 0. The van der Waals surface area contributed by atoms with Crippen LogP contribution in [0.1, 0.15) is 50.3 Å². The number of ether oxygens (including phenoxy) is 1. The number of carbonyl (C=O) groups is 1. The Balaban J connectivity index is 1.89. The monoisotopic (exact) mass is 363 g/mol. The zero-order valence-electron chi connectivity index (χ0n) is 16.3. The van der Waals surface area contributed by atoms with Gasteiger partial charge < -0.3 is 15.0 Å². The number of amides is 1. The molecule has 0 unspecified atom stereocenters. The first kappa shape index (κ1) is 20.2. The molecule has 144 valence electrons. The molecule has 0 aromatic heterocycles. The van der Waals surface area contributed by atoms with Gasteiger partial charge in [0.25, 0.3) is 5.69 Å². The molecule has 1 N–H and O–H groups in total. The quantitative estimate of drug-likeness (QED) is 0.651. The highest BCUT2D eigenvalue weighted by atomic mass is 16.6. The Kier molecular flexibility index (Phi) is 6.23. The molecule has 0 bridgehead atoms. The zero-order chi connectivity index (χ0) is 19.5. The SMILES string of the molecule is Cc1cc(CNC2CCN(C(=O)OC(C)(C)C)CC2)c(C)c([N+](=O)[O-])c1. The van der Waals surface area contributed by atoms with Crippen LogP contribution in [0, 0.1) is 24.0 Å². The summed E-state index contributed by atoms with van der Waals surface area (Å²) in [6, 6.07) is 3.89. The highest BCUT2D eigenvalue weighted by Crippen LogP contribution is 2.24. The molecule has 0 aliphatic carbocycles. The van der Waals surface area contributed by atoms with Gasteiger partial charge >= 0.3 is 6.09 Å². The normalized spacial score (nSPS) is 15.8. The lowest BCUT2D eigenvalue weighted by molar-refractivity contribution is -0.385. The number of nitro groups is 1. The van der Waals surface area contributed by atoms with Gasteiger partial charge in [0.15, 0.2) is 0 Å². The van der Waals surface area contributed by atoms with Crippen LogP contribution in [0.2, 0.25) is 0 Å². The van der Waals surface area contributed by atoms with E-state index < -0.39 is 5.60 Å². The van der Waals surface area contributed by atoms with Crippen LogP contribution in [0.5, 0.6) is 0 Å². The van der Waals surface area contributed by atoms with Crippen LogP contribution in [0.3, 0.4) is 0 Å². The van der Waals surface area contributed by atoms with Gasteiger partial charge in [0.1, 0.15) is 5.60 Å². The van der Waals surface area contributed by atoms with Gasteiger partial charge in [-0.3, -0.25) is 10.1 Å². The molecule has 0 saturated carbocycles. The maximum absolute atomic E-state index is 12.1. The molecule has 0 spiro atoms. The van der Waals surface area contributed by atoms with Gasteiger partial charge in [0.2, 0.25) is 0 Å². The van der Waals surface area contributed by atoms with Gasteiger partial charge in [0, 0.05) is 37.3 Å². The van der Waals surface area contributed by atoms with E-state index in [-0.39, 0.29) is 22.7 Å². The van der Waals surface area contributed by atoms with Crippen molar-refractivity contribution in [3.63, 3.8) is 0 Å². The van der Waals surface area contributed by atoms with E-state index in [9.17, 15) is 14.9 Å². The molecule has 1 aromatic rings. The second-order valence-corrected chi connectivity index (χ2v) is 7.95. The molecular weight excluding hydrogens is 334 g/mol. The minimum Gasteiger partial charge on any atom is -0.444 e.